The van der Waals surface area contributed by atoms with Crippen molar-refractivity contribution in [2.24, 2.45) is 0 Å². The van der Waals surface area contributed by atoms with E-state index in [-0.39, 0.29) is 11.9 Å². The molecule has 1 aliphatic rings. The largest absolute Gasteiger partial charge is 0.467 e. The van der Waals surface area contributed by atoms with Gasteiger partial charge in [0.1, 0.15) is 5.76 Å². The third-order valence-electron chi connectivity index (χ3n) is 3.91. The number of hydrogen-bond acceptors (Lipinski definition) is 4. The van der Waals surface area contributed by atoms with E-state index in [0.29, 0.717) is 12.6 Å². The first-order chi connectivity index (χ1) is 9.66. The van der Waals surface area contributed by atoms with Crippen LogP contribution in [0.1, 0.15) is 38.0 Å². The number of amides is 1. The summed E-state index contributed by atoms with van der Waals surface area (Å²) in [5.41, 5.74) is 0. The van der Waals surface area contributed by atoms with E-state index >= 15 is 0 Å². The topological polar surface area (TPSA) is 57.5 Å². The second-order valence-corrected chi connectivity index (χ2v) is 5.55. The first kappa shape index (κ1) is 15.1. The van der Waals surface area contributed by atoms with E-state index in [1.165, 1.54) is 6.42 Å². The van der Waals surface area contributed by atoms with Crippen LogP contribution < -0.4 is 10.6 Å². The Morgan fingerprint density at radius 3 is 3.15 bits per heavy atom. The molecule has 1 fully saturated rings. The summed E-state index contributed by atoms with van der Waals surface area (Å²) in [5, 5.41) is 6.37. The molecule has 0 aromatic carbocycles. The maximum atomic E-state index is 12.1. The fraction of sp³-hybridized carbons (Fsp3) is 0.667. The molecular formula is C15H25N3O2. The predicted molar refractivity (Wildman–Crippen MR) is 78.4 cm³/mol. The number of hydrogen-bond donors (Lipinski definition) is 2. The van der Waals surface area contributed by atoms with Gasteiger partial charge in [0, 0.05) is 6.04 Å². The van der Waals surface area contributed by atoms with Crippen molar-refractivity contribution >= 4 is 5.91 Å². The molecule has 0 saturated carbocycles. The number of carbonyl (C=O) groups is 1. The molecule has 5 heteroatoms. The highest BCUT2D eigenvalue weighted by molar-refractivity contribution is 5.78. The summed E-state index contributed by atoms with van der Waals surface area (Å²) in [6.45, 7) is 4.51. The Labute approximate surface area is 120 Å². The zero-order valence-corrected chi connectivity index (χ0v) is 12.4. The minimum Gasteiger partial charge on any atom is -0.467 e. The molecule has 1 aliphatic heterocycles. The smallest absolute Gasteiger partial charge is 0.234 e. The van der Waals surface area contributed by atoms with Gasteiger partial charge < -0.3 is 15.1 Å². The lowest BCUT2D eigenvalue weighted by atomic mass is 10.1. The zero-order chi connectivity index (χ0) is 14.4. The van der Waals surface area contributed by atoms with Gasteiger partial charge in [0.15, 0.2) is 0 Å². The summed E-state index contributed by atoms with van der Waals surface area (Å²) in [6.07, 6.45) is 5.07. The van der Waals surface area contributed by atoms with Gasteiger partial charge in [-0.05, 0) is 58.5 Å². The highest BCUT2D eigenvalue weighted by atomic mass is 16.3. The van der Waals surface area contributed by atoms with Crippen molar-refractivity contribution in [1.82, 2.24) is 15.5 Å². The number of rotatable bonds is 5. The van der Waals surface area contributed by atoms with Crippen molar-refractivity contribution in [3.63, 3.8) is 0 Å². The van der Waals surface area contributed by atoms with Gasteiger partial charge in [0.25, 0.3) is 0 Å². The van der Waals surface area contributed by atoms with Crippen LogP contribution in [0.3, 0.4) is 0 Å². The van der Waals surface area contributed by atoms with E-state index in [0.717, 1.165) is 31.7 Å². The molecule has 1 saturated heterocycles. The Morgan fingerprint density at radius 2 is 2.40 bits per heavy atom. The monoisotopic (exact) mass is 279 g/mol. The van der Waals surface area contributed by atoms with Gasteiger partial charge in [-0.3, -0.25) is 9.69 Å². The standard InChI is InChI=1S/C15H25N3O2/c1-12(14-6-4-10-20-14)17-15(19)11-18(2)13-5-3-8-16-9-7-13/h4,6,10,12-13,16H,3,5,7-9,11H2,1-2H3,(H,17,19). The molecule has 112 valence electrons. The van der Waals surface area contributed by atoms with Crippen LogP contribution in [0.2, 0.25) is 0 Å². The van der Waals surface area contributed by atoms with Crippen LogP contribution in [-0.4, -0.2) is 43.5 Å². The van der Waals surface area contributed by atoms with Gasteiger partial charge in [-0.2, -0.15) is 0 Å². The molecule has 0 bridgehead atoms. The second-order valence-electron chi connectivity index (χ2n) is 5.55. The molecule has 0 radical (unpaired) electrons. The van der Waals surface area contributed by atoms with Gasteiger partial charge in [-0.1, -0.05) is 0 Å². The van der Waals surface area contributed by atoms with E-state index in [9.17, 15) is 4.79 Å². The van der Waals surface area contributed by atoms with Gasteiger partial charge >= 0.3 is 0 Å². The number of furan rings is 1. The third-order valence-corrected chi connectivity index (χ3v) is 3.91. The lowest BCUT2D eigenvalue weighted by Gasteiger charge is -2.26. The van der Waals surface area contributed by atoms with Crippen molar-refractivity contribution in [2.45, 2.75) is 38.3 Å². The Morgan fingerprint density at radius 1 is 1.55 bits per heavy atom. The molecule has 2 unspecified atom stereocenters. The number of nitrogens with one attached hydrogen (secondary N) is 2. The molecule has 1 aromatic rings. The SMILES string of the molecule is CC(NC(=O)CN(C)C1CCCNCC1)c1ccco1. The van der Waals surface area contributed by atoms with E-state index in [4.69, 9.17) is 4.42 Å². The van der Waals surface area contributed by atoms with Crippen LogP contribution in [0.4, 0.5) is 0 Å². The van der Waals surface area contributed by atoms with E-state index in [1.54, 1.807) is 6.26 Å². The van der Waals surface area contributed by atoms with E-state index in [2.05, 4.69) is 15.5 Å². The van der Waals surface area contributed by atoms with Gasteiger partial charge in [0.2, 0.25) is 5.91 Å². The van der Waals surface area contributed by atoms with Gasteiger partial charge in [-0.15, -0.1) is 0 Å². The van der Waals surface area contributed by atoms with Crippen LogP contribution in [0.15, 0.2) is 22.8 Å². The Balaban J connectivity index is 1.78. The van der Waals surface area contributed by atoms with Crippen molar-refractivity contribution in [3.8, 4) is 0 Å². The third kappa shape index (κ3) is 4.35. The summed E-state index contributed by atoms with van der Waals surface area (Å²) in [4.78, 5) is 14.2. The predicted octanol–water partition coefficient (Wildman–Crippen LogP) is 1.53. The molecule has 2 rings (SSSR count). The highest BCUT2D eigenvalue weighted by Crippen LogP contribution is 2.13. The van der Waals surface area contributed by atoms with E-state index < -0.39 is 0 Å². The summed E-state index contributed by atoms with van der Waals surface area (Å²) in [6, 6.07) is 4.13. The lowest BCUT2D eigenvalue weighted by molar-refractivity contribution is -0.123. The highest BCUT2D eigenvalue weighted by Gasteiger charge is 2.20. The molecule has 1 aromatic heterocycles. The summed E-state index contributed by atoms with van der Waals surface area (Å²) in [7, 11) is 2.03. The maximum absolute atomic E-state index is 12.1. The average molecular weight is 279 g/mol. The molecule has 20 heavy (non-hydrogen) atoms. The molecule has 0 aliphatic carbocycles. The summed E-state index contributed by atoms with van der Waals surface area (Å²) < 4.78 is 5.30. The molecule has 2 heterocycles. The quantitative estimate of drug-likeness (QED) is 0.858. The van der Waals surface area contributed by atoms with Crippen LogP contribution in [0, 0.1) is 0 Å². The zero-order valence-electron chi connectivity index (χ0n) is 12.4. The van der Waals surface area contributed by atoms with Crippen molar-refractivity contribution in [1.29, 1.82) is 0 Å². The molecular weight excluding hydrogens is 254 g/mol. The van der Waals surface area contributed by atoms with Crippen LogP contribution in [-0.2, 0) is 4.79 Å². The second kappa shape index (κ2) is 7.45. The summed E-state index contributed by atoms with van der Waals surface area (Å²) in [5.74, 6) is 0.841. The fourth-order valence-electron chi connectivity index (χ4n) is 2.69. The van der Waals surface area contributed by atoms with Crippen LogP contribution in [0.5, 0.6) is 0 Å². The Kier molecular flexibility index (Phi) is 5.61. The molecule has 5 nitrogen and oxygen atoms in total. The average Bonchev–Trinajstić information content (AvgIpc) is 2.81. The fourth-order valence-corrected chi connectivity index (χ4v) is 2.69. The Hall–Kier alpha value is -1.33. The van der Waals surface area contributed by atoms with Gasteiger partial charge in [0.05, 0.1) is 18.8 Å². The lowest BCUT2D eigenvalue weighted by Crippen LogP contribution is -2.41. The van der Waals surface area contributed by atoms with E-state index in [1.807, 2.05) is 26.1 Å². The molecule has 0 spiro atoms. The molecule has 1 amide bonds. The van der Waals surface area contributed by atoms with Crippen LogP contribution in [0.25, 0.3) is 0 Å². The minimum absolute atomic E-state index is 0.0496. The first-order valence-corrected chi connectivity index (χ1v) is 7.40. The number of carbonyl (C=O) groups excluding carboxylic acids is 1. The molecule has 2 atom stereocenters. The van der Waals surface area contributed by atoms with Gasteiger partial charge in [-0.25, -0.2) is 0 Å². The van der Waals surface area contributed by atoms with Crippen molar-refractivity contribution < 1.29 is 9.21 Å². The first-order valence-electron chi connectivity index (χ1n) is 7.40. The maximum Gasteiger partial charge on any atom is 0.234 e. The van der Waals surface area contributed by atoms with Crippen molar-refractivity contribution in [3.05, 3.63) is 24.2 Å². The molecule has 2 N–H and O–H groups in total. The minimum atomic E-state index is -0.0818. The summed E-state index contributed by atoms with van der Waals surface area (Å²) >= 11 is 0. The Bertz CT molecular complexity index is 397. The number of likely N-dealkylation sites (N-methyl/N-ethyl adjacent to an activating group) is 1. The van der Waals surface area contributed by atoms with Crippen molar-refractivity contribution in [2.75, 3.05) is 26.7 Å². The van der Waals surface area contributed by atoms with Crippen LogP contribution >= 0.6 is 0 Å². The normalized spacial score (nSPS) is 21.4. The number of nitrogens with zero attached hydrogens (tertiary/aromatic N) is 1.